The van der Waals surface area contributed by atoms with Gasteiger partial charge in [0.15, 0.2) is 0 Å². The summed E-state index contributed by atoms with van der Waals surface area (Å²) in [6, 6.07) is 3.93. The van der Waals surface area contributed by atoms with Gasteiger partial charge in [0.25, 0.3) is 0 Å². The van der Waals surface area contributed by atoms with Crippen LogP contribution in [0.3, 0.4) is 0 Å². The maximum atomic E-state index is 10.1. The average Bonchev–Trinajstić information content (AvgIpc) is 3.02. The minimum Gasteiger partial charge on any atom is -0.508 e. The van der Waals surface area contributed by atoms with Gasteiger partial charge in [0, 0.05) is 11.1 Å². The summed E-state index contributed by atoms with van der Waals surface area (Å²) in [5.41, 5.74) is 9.91. The van der Waals surface area contributed by atoms with Gasteiger partial charge in [0.05, 0.1) is 0 Å². The zero-order chi connectivity index (χ0) is 11.2. The Kier molecular flexibility index (Phi) is 2.21. The smallest absolute Gasteiger partial charge is 0.120 e. The molecule has 0 saturated heterocycles. The maximum absolute atomic E-state index is 10.1. The molecule has 86 valence electrons. The highest BCUT2D eigenvalue weighted by molar-refractivity contribution is 5.51. The molecule has 2 heteroatoms. The molecule has 1 aromatic rings. The number of hydrogen-bond donors (Lipinski definition) is 2. The van der Waals surface area contributed by atoms with E-state index in [1.807, 2.05) is 6.07 Å². The van der Waals surface area contributed by atoms with Crippen molar-refractivity contribution in [3.8, 4) is 5.75 Å². The second kappa shape index (κ2) is 3.49. The number of phenolic OH excluding ortho intramolecular Hbond substituents is 1. The molecule has 0 radical (unpaired) electrons. The fraction of sp³-hybridized carbons (Fsp3) is 0.571. The molecule has 16 heavy (non-hydrogen) atoms. The Morgan fingerprint density at radius 1 is 1.06 bits per heavy atom. The standard InChI is InChI=1S/C14H19NO/c15-14(8-9-14)13-11-5-3-1-2-4-10(11)6-7-12(13)16/h6-7,16H,1-5,8-9,15H2. The van der Waals surface area contributed by atoms with Gasteiger partial charge >= 0.3 is 0 Å². The molecule has 0 heterocycles. The van der Waals surface area contributed by atoms with E-state index in [9.17, 15) is 5.11 Å². The molecule has 1 saturated carbocycles. The lowest BCUT2D eigenvalue weighted by atomic mass is 9.91. The molecule has 1 aromatic carbocycles. The van der Waals surface area contributed by atoms with E-state index < -0.39 is 0 Å². The predicted molar refractivity (Wildman–Crippen MR) is 64.5 cm³/mol. The van der Waals surface area contributed by atoms with Crippen molar-refractivity contribution in [1.29, 1.82) is 0 Å². The third-order valence-corrected chi connectivity index (χ3v) is 4.05. The fourth-order valence-corrected chi connectivity index (χ4v) is 2.93. The minimum absolute atomic E-state index is 0.209. The van der Waals surface area contributed by atoms with Crippen LogP contribution < -0.4 is 5.73 Å². The Morgan fingerprint density at radius 3 is 2.56 bits per heavy atom. The number of phenols is 1. The molecule has 0 aliphatic heterocycles. The molecule has 0 spiro atoms. The van der Waals surface area contributed by atoms with Gasteiger partial charge in [0.1, 0.15) is 5.75 Å². The van der Waals surface area contributed by atoms with Gasteiger partial charge in [-0.1, -0.05) is 12.5 Å². The molecule has 3 rings (SSSR count). The zero-order valence-electron chi connectivity index (χ0n) is 9.63. The third-order valence-electron chi connectivity index (χ3n) is 4.05. The van der Waals surface area contributed by atoms with Crippen LogP contribution in [0.1, 0.15) is 48.8 Å². The first-order valence-electron chi connectivity index (χ1n) is 6.34. The largest absolute Gasteiger partial charge is 0.508 e. The number of hydrogen-bond acceptors (Lipinski definition) is 2. The quantitative estimate of drug-likeness (QED) is 0.710. The molecule has 3 N–H and O–H groups in total. The van der Waals surface area contributed by atoms with Crippen LogP contribution in [0.4, 0.5) is 0 Å². The molecule has 0 unspecified atom stereocenters. The van der Waals surface area contributed by atoms with Crippen LogP contribution in [0.15, 0.2) is 12.1 Å². The molecular formula is C14H19NO. The van der Waals surface area contributed by atoms with Crippen LogP contribution >= 0.6 is 0 Å². The van der Waals surface area contributed by atoms with Crippen LogP contribution in [-0.4, -0.2) is 5.11 Å². The van der Waals surface area contributed by atoms with Crippen LogP contribution in [-0.2, 0) is 18.4 Å². The lowest BCUT2D eigenvalue weighted by Gasteiger charge is -2.19. The molecule has 0 atom stereocenters. The molecule has 1 fully saturated rings. The van der Waals surface area contributed by atoms with Crippen molar-refractivity contribution < 1.29 is 5.11 Å². The highest BCUT2D eigenvalue weighted by Crippen LogP contribution is 2.49. The highest BCUT2D eigenvalue weighted by Gasteiger charge is 2.43. The van der Waals surface area contributed by atoms with Crippen LogP contribution in [0, 0.1) is 0 Å². The highest BCUT2D eigenvalue weighted by atomic mass is 16.3. The van der Waals surface area contributed by atoms with Gasteiger partial charge in [-0.25, -0.2) is 0 Å². The Labute approximate surface area is 96.5 Å². The monoisotopic (exact) mass is 217 g/mol. The molecule has 0 aromatic heterocycles. The SMILES string of the molecule is NC1(c2c(O)ccc3c2CCCCC3)CC1. The number of nitrogens with two attached hydrogens (primary N) is 1. The summed E-state index contributed by atoms with van der Waals surface area (Å²) in [6.07, 6.45) is 8.10. The molecule has 0 amide bonds. The molecule has 2 nitrogen and oxygen atoms in total. The van der Waals surface area contributed by atoms with Crippen LogP contribution in [0.25, 0.3) is 0 Å². The van der Waals surface area contributed by atoms with Crippen LogP contribution in [0.5, 0.6) is 5.75 Å². The van der Waals surface area contributed by atoms with Crippen molar-refractivity contribution in [1.82, 2.24) is 0 Å². The Bertz CT molecular complexity index is 421. The van der Waals surface area contributed by atoms with E-state index in [1.54, 1.807) is 0 Å². The first-order chi connectivity index (χ1) is 7.71. The van der Waals surface area contributed by atoms with Gasteiger partial charge in [-0.2, -0.15) is 0 Å². The molecule has 2 aliphatic carbocycles. The summed E-state index contributed by atoms with van der Waals surface area (Å²) in [7, 11) is 0. The number of fused-ring (bicyclic) bond motifs is 1. The van der Waals surface area contributed by atoms with Crippen molar-refractivity contribution in [2.75, 3.05) is 0 Å². The molecule has 0 bridgehead atoms. The molecular weight excluding hydrogens is 198 g/mol. The maximum Gasteiger partial charge on any atom is 0.120 e. The topological polar surface area (TPSA) is 46.2 Å². The summed E-state index contributed by atoms with van der Waals surface area (Å²) in [5.74, 6) is 0.417. The van der Waals surface area contributed by atoms with Gasteiger partial charge in [-0.15, -0.1) is 0 Å². The van der Waals surface area contributed by atoms with Crippen molar-refractivity contribution in [2.24, 2.45) is 5.73 Å². The molecule has 2 aliphatic rings. The van der Waals surface area contributed by atoms with Crippen molar-refractivity contribution in [2.45, 2.75) is 50.5 Å². The van der Waals surface area contributed by atoms with E-state index in [4.69, 9.17) is 5.73 Å². The Balaban J connectivity index is 2.14. The number of aromatic hydroxyl groups is 1. The van der Waals surface area contributed by atoms with E-state index >= 15 is 0 Å². The number of benzene rings is 1. The second-order valence-electron chi connectivity index (χ2n) is 5.31. The zero-order valence-corrected chi connectivity index (χ0v) is 9.63. The lowest BCUT2D eigenvalue weighted by Crippen LogP contribution is -2.21. The van der Waals surface area contributed by atoms with Gasteiger partial charge in [0.2, 0.25) is 0 Å². The van der Waals surface area contributed by atoms with Gasteiger partial charge in [-0.3, -0.25) is 0 Å². The number of rotatable bonds is 1. The lowest BCUT2D eigenvalue weighted by molar-refractivity contribution is 0.457. The number of aryl methyl sites for hydroxylation is 1. The van der Waals surface area contributed by atoms with Gasteiger partial charge in [-0.05, 0) is 55.7 Å². The summed E-state index contributed by atoms with van der Waals surface area (Å²) in [6.45, 7) is 0. The predicted octanol–water partition coefficient (Wildman–Crippen LogP) is 2.61. The van der Waals surface area contributed by atoms with E-state index in [1.165, 1.54) is 30.4 Å². The van der Waals surface area contributed by atoms with E-state index in [2.05, 4.69) is 6.07 Å². The van der Waals surface area contributed by atoms with Crippen LogP contribution in [0.2, 0.25) is 0 Å². The normalized spacial score (nSPS) is 22.3. The van der Waals surface area contributed by atoms with Crippen molar-refractivity contribution >= 4 is 0 Å². The Hall–Kier alpha value is -1.02. The summed E-state index contributed by atoms with van der Waals surface area (Å²) in [4.78, 5) is 0. The van der Waals surface area contributed by atoms with E-state index in [0.717, 1.165) is 31.2 Å². The first-order valence-corrected chi connectivity index (χ1v) is 6.34. The fourth-order valence-electron chi connectivity index (χ4n) is 2.93. The van der Waals surface area contributed by atoms with E-state index in [-0.39, 0.29) is 5.54 Å². The second-order valence-corrected chi connectivity index (χ2v) is 5.31. The minimum atomic E-state index is -0.209. The Morgan fingerprint density at radius 2 is 1.81 bits per heavy atom. The van der Waals surface area contributed by atoms with Crippen molar-refractivity contribution in [3.63, 3.8) is 0 Å². The van der Waals surface area contributed by atoms with Gasteiger partial charge < -0.3 is 10.8 Å². The first kappa shape index (κ1) is 10.2. The summed E-state index contributed by atoms with van der Waals surface area (Å²) in [5, 5.41) is 10.1. The van der Waals surface area contributed by atoms with Crippen molar-refractivity contribution in [3.05, 3.63) is 28.8 Å². The summed E-state index contributed by atoms with van der Waals surface area (Å²) < 4.78 is 0. The summed E-state index contributed by atoms with van der Waals surface area (Å²) >= 11 is 0. The third kappa shape index (κ3) is 1.52. The van der Waals surface area contributed by atoms with E-state index in [0.29, 0.717) is 5.75 Å². The average molecular weight is 217 g/mol.